The van der Waals surface area contributed by atoms with Gasteiger partial charge in [-0.05, 0) is 44.0 Å². The molecular weight excluding hydrogens is 398 g/mol. The van der Waals surface area contributed by atoms with Gasteiger partial charge >= 0.3 is 5.69 Å². The second kappa shape index (κ2) is 7.33. The molecule has 31 heavy (non-hydrogen) atoms. The van der Waals surface area contributed by atoms with Crippen molar-refractivity contribution in [1.29, 1.82) is 0 Å². The maximum Gasteiger partial charge on any atom is 0.329 e. The van der Waals surface area contributed by atoms with Crippen LogP contribution in [0.25, 0.3) is 11.0 Å². The Labute approximate surface area is 179 Å². The maximum atomic E-state index is 13.0. The molecule has 1 atom stereocenters. The van der Waals surface area contributed by atoms with Gasteiger partial charge in [0.1, 0.15) is 6.04 Å². The third kappa shape index (κ3) is 3.27. The number of imidazole rings is 1. The fraction of sp³-hybridized carbons (Fsp3) is 0.545. The van der Waals surface area contributed by atoms with E-state index >= 15 is 0 Å². The van der Waals surface area contributed by atoms with Crippen molar-refractivity contribution in [3.8, 4) is 0 Å². The molecule has 1 aromatic heterocycles. The Bertz CT molecular complexity index is 1130. The van der Waals surface area contributed by atoms with Crippen molar-refractivity contribution < 1.29 is 14.4 Å². The summed E-state index contributed by atoms with van der Waals surface area (Å²) in [7, 11) is 1.66. The molecule has 1 unspecified atom stereocenters. The smallest absolute Gasteiger partial charge is 0.329 e. The highest BCUT2D eigenvalue weighted by atomic mass is 16.2. The standard InChI is InChI=1S/C22H27N5O4/c1-25-19-14(11-18(29)26-12-22(13-26)7-9-23-10-8-22)3-2-4-15(19)27(21(25)31)16-5-6-17(28)24-20(16)30/h2-4,16,23H,5-13H2,1H3,(H,24,28,30). The van der Waals surface area contributed by atoms with Crippen molar-refractivity contribution in [2.24, 2.45) is 12.5 Å². The summed E-state index contributed by atoms with van der Waals surface area (Å²) in [6.07, 6.45) is 2.92. The van der Waals surface area contributed by atoms with Crippen molar-refractivity contribution in [3.05, 3.63) is 34.2 Å². The summed E-state index contributed by atoms with van der Waals surface area (Å²) in [5.74, 6) is -0.708. The Kier molecular flexibility index (Phi) is 4.73. The molecule has 0 radical (unpaired) electrons. The van der Waals surface area contributed by atoms with Gasteiger partial charge < -0.3 is 10.2 Å². The number of aryl methyl sites for hydroxylation is 1. The summed E-state index contributed by atoms with van der Waals surface area (Å²) in [6, 6.07) is 4.75. The van der Waals surface area contributed by atoms with Gasteiger partial charge in [0.2, 0.25) is 17.7 Å². The van der Waals surface area contributed by atoms with Crippen LogP contribution >= 0.6 is 0 Å². The lowest BCUT2D eigenvalue weighted by molar-refractivity contribution is -0.144. The van der Waals surface area contributed by atoms with Gasteiger partial charge in [-0.2, -0.15) is 0 Å². The maximum absolute atomic E-state index is 13.0. The zero-order chi connectivity index (χ0) is 21.8. The zero-order valence-corrected chi connectivity index (χ0v) is 17.6. The third-order valence-corrected chi connectivity index (χ3v) is 7.12. The van der Waals surface area contributed by atoms with Gasteiger partial charge in [0.05, 0.1) is 17.5 Å². The Morgan fingerprint density at radius 1 is 1.16 bits per heavy atom. The molecule has 3 saturated heterocycles. The molecule has 9 nitrogen and oxygen atoms in total. The van der Waals surface area contributed by atoms with Crippen LogP contribution in [0.1, 0.15) is 37.3 Å². The molecule has 3 aliphatic rings. The van der Waals surface area contributed by atoms with Gasteiger partial charge in [-0.1, -0.05) is 12.1 Å². The van der Waals surface area contributed by atoms with E-state index < -0.39 is 11.9 Å². The summed E-state index contributed by atoms with van der Waals surface area (Å²) >= 11 is 0. The number of nitrogens with zero attached hydrogens (tertiary/aromatic N) is 3. The normalized spacial score (nSPS) is 23.1. The molecule has 5 rings (SSSR count). The van der Waals surface area contributed by atoms with Gasteiger partial charge in [-0.3, -0.25) is 28.8 Å². The highest BCUT2D eigenvalue weighted by Gasteiger charge is 2.45. The van der Waals surface area contributed by atoms with Crippen LogP contribution in [-0.4, -0.2) is 57.9 Å². The Morgan fingerprint density at radius 3 is 2.61 bits per heavy atom. The van der Waals surface area contributed by atoms with Crippen molar-refractivity contribution in [1.82, 2.24) is 24.7 Å². The van der Waals surface area contributed by atoms with Gasteiger partial charge in [0.15, 0.2) is 0 Å². The number of fused-ring (bicyclic) bond motifs is 1. The Hall–Kier alpha value is -2.94. The van der Waals surface area contributed by atoms with E-state index in [4.69, 9.17) is 0 Å². The lowest BCUT2D eigenvalue weighted by Crippen LogP contribution is -2.61. The molecule has 1 aromatic carbocycles. The predicted molar refractivity (Wildman–Crippen MR) is 113 cm³/mol. The lowest BCUT2D eigenvalue weighted by Gasteiger charge is -2.52. The number of hydrogen-bond acceptors (Lipinski definition) is 5. The van der Waals surface area contributed by atoms with Gasteiger partial charge in [0, 0.05) is 32.0 Å². The molecule has 0 bridgehead atoms. The molecule has 3 aliphatic heterocycles. The van der Waals surface area contributed by atoms with Crippen LogP contribution in [0.2, 0.25) is 0 Å². The van der Waals surface area contributed by atoms with Crippen LogP contribution in [0.5, 0.6) is 0 Å². The van der Waals surface area contributed by atoms with Crippen molar-refractivity contribution in [2.75, 3.05) is 26.2 Å². The van der Waals surface area contributed by atoms with Gasteiger partial charge in [0.25, 0.3) is 0 Å². The first-order chi connectivity index (χ1) is 14.9. The first kappa shape index (κ1) is 20.0. The van der Waals surface area contributed by atoms with Crippen LogP contribution in [0.15, 0.2) is 23.0 Å². The van der Waals surface area contributed by atoms with Crippen molar-refractivity contribution >= 4 is 28.8 Å². The molecule has 3 fully saturated rings. The number of likely N-dealkylation sites (tertiary alicyclic amines) is 1. The second-order valence-corrected chi connectivity index (χ2v) is 9.14. The van der Waals surface area contributed by atoms with E-state index in [-0.39, 0.29) is 42.2 Å². The lowest BCUT2D eigenvalue weighted by atomic mass is 9.72. The number of hydrogen-bond donors (Lipinski definition) is 2. The van der Waals surface area contributed by atoms with Gasteiger partial charge in [-0.15, -0.1) is 0 Å². The molecule has 3 amide bonds. The summed E-state index contributed by atoms with van der Waals surface area (Å²) in [5.41, 5.74) is 2.02. The average Bonchev–Trinajstić information content (AvgIpc) is 2.98. The molecule has 0 aliphatic carbocycles. The molecule has 4 heterocycles. The molecule has 164 valence electrons. The van der Waals surface area contributed by atoms with Crippen molar-refractivity contribution in [3.63, 3.8) is 0 Å². The van der Waals surface area contributed by atoms with Crippen molar-refractivity contribution in [2.45, 2.75) is 38.1 Å². The first-order valence-corrected chi connectivity index (χ1v) is 10.9. The monoisotopic (exact) mass is 425 g/mol. The molecule has 2 aromatic rings. The number of carbonyl (C=O) groups excluding carboxylic acids is 3. The number of piperidine rings is 2. The number of imide groups is 1. The van der Waals surface area contributed by atoms with Crippen LogP contribution in [0.4, 0.5) is 0 Å². The van der Waals surface area contributed by atoms with E-state index in [0.717, 1.165) is 44.6 Å². The van der Waals surface area contributed by atoms with E-state index in [1.54, 1.807) is 13.1 Å². The molecule has 0 saturated carbocycles. The molecule has 9 heteroatoms. The Balaban J connectivity index is 1.42. The SMILES string of the molecule is Cn1c(=O)n(C2CCC(=O)NC2=O)c2cccc(CC(=O)N3CC4(CCNCC4)C3)c21. The fourth-order valence-electron chi connectivity index (χ4n) is 5.38. The number of para-hydroxylation sites is 1. The summed E-state index contributed by atoms with van der Waals surface area (Å²) in [5, 5.41) is 5.70. The number of aromatic nitrogens is 2. The summed E-state index contributed by atoms with van der Waals surface area (Å²) < 4.78 is 2.96. The quantitative estimate of drug-likeness (QED) is 0.678. The third-order valence-electron chi connectivity index (χ3n) is 7.12. The van der Waals surface area contributed by atoms with E-state index in [1.165, 1.54) is 9.13 Å². The highest BCUT2D eigenvalue weighted by molar-refractivity contribution is 6.00. The minimum Gasteiger partial charge on any atom is -0.341 e. The van der Waals surface area contributed by atoms with E-state index in [9.17, 15) is 19.2 Å². The number of carbonyl (C=O) groups is 3. The van der Waals surface area contributed by atoms with Gasteiger partial charge in [-0.25, -0.2) is 4.79 Å². The van der Waals surface area contributed by atoms with E-state index in [1.807, 2.05) is 17.0 Å². The summed E-state index contributed by atoms with van der Waals surface area (Å²) in [6.45, 7) is 3.63. The predicted octanol–water partition coefficient (Wildman–Crippen LogP) is 0.0722. The summed E-state index contributed by atoms with van der Waals surface area (Å²) in [4.78, 5) is 51.8. The number of amides is 3. The molecule has 1 spiro atoms. The van der Waals surface area contributed by atoms with E-state index in [0.29, 0.717) is 11.0 Å². The number of rotatable bonds is 3. The van der Waals surface area contributed by atoms with E-state index in [2.05, 4.69) is 10.6 Å². The largest absolute Gasteiger partial charge is 0.341 e. The second-order valence-electron chi connectivity index (χ2n) is 9.14. The average molecular weight is 425 g/mol. The zero-order valence-electron chi connectivity index (χ0n) is 17.6. The molecule has 2 N–H and O–H groups in total. The number of benzene rings is 1. The topological polar surface area (TPSA) is 105 Å². The first-order valence-electron chi connectivity index (χ1n) is 10.9. The Morgan fingerprint density at radius 2 is 1.90 bits per heavy atom. The van der Waals surface area contributed by atoms with Crippen LogP contribution < -0.4 is 16.3 Å². The minimum absolute atomic E-state index is 0.0675. The molecular formula is C22H27N5O4. The highest BCUT2D eigenvalue weighted by Crippen LogP contribution is 2.39. The van der Waals surface area contributed by atoms with Crippen LogP contribution in [0.3, 0.4) is 0 Å². The van der Waals surface area contributed by atoms with Crippen LogP contribution in [-0.2, 0) is 27.9 Å². The fourth-order valence-corrected chi connectivity index (χ4v) is 5.38. The number of nitrogens with one attached hydrogen (secondary N) is 2. The van der Waals surface area contributed by atoms with Crippen LogP contribution in [0, 0.1) is 5.41 Å². The minimum atomic E-state index is -0.727.